The van der Waals surface area contributed by atoms with Crippen LogP contribution in [0.3, 0.4) is 0 Å². The number of hydrogen-bond acceptors (Lipinski definition) is 5. The largest absolute Gasteiger partial charge is 0.458 e. The lowest BCUT2D eigenvalue weighted by Gasteiger charge is -2.18. The molecule has 0 saturated heterocycles. The number of fused-ring (bicyclic) bond motifs is 10. The van der Waals surface area contributed by atoms with Crippen LogP contribution < -0.4 is 0 Å². The van der Waals surface area contributed by atoms with Gasteiger partial charge in [-0.25, -0.2) is 4.90 Å². The Morgan fingerprint density at radius 2 is 1.39 bits per heavy atom. The standard InChI is InChI=1S/C30H23N3O5/c1-15(34)32-29(36)25-23-19-8-4-6-10-21(19)31(3)27(23)28-24(26(25)30(32)37)20-9-5-7-11-22(20)33(28)17-12-13-18(14-17)38-16(2)35/h4-13,17-18H,14H2,1-3H3/t17?,18-/m1/s1. The van der Waals surface area contributed by atoms with Crippen molar-refractivity contribution in [3.63, 3.8) is 0 Å². The number of imide groups is 3. The molecule has 0 spiro atoms. The van der Waals surface area contributed by atoms with Crippen LogP contribution in [0.15, 0.2) is 60.7 Å². The van der Waals surface area contributed by atoms with E-state index < -0.39 is 17.7 Å². The zero-order valence-electron chi connectivity index (χ0n) is 21.0. The summed E-state index contributed by atoms with van der Waals surface area (Å²) in [5, 5.41) is 2.98. The molecule has 2 aromatic heterocycles. The molecule has 3 amide bonds. The molecule has 0 saturated carbocycles. The first kappa shape index (κ1) is 22.5. The average molecular weight is 506 g/mol. The number of amides is 3. The predicted molar refractivity (Wildman–Crippen MR) is 143 cm³/mol. The van der Waals surface area contributed by atoms with E-state index in [1.165, 1.54) is 13.8 Å². The number of esters is 1. The minimum Gasteiger partial charge on any atom is -0.458 e. The van der Waals surface area contributed by atoms with Gasteiger partial charge in [-0.3, -0.25) is 19.2 Å². The lowest BCUT2D eigenvalue weighted by Crippen LogP contribution is -2.34. The third kappa shape index (κ3) is 2.74. The number of ether oxygens (including phenoxy) is 1. The van der Waals surface area contributed by atoms with Gasteiger partial charge in [-0.1, -0.05) is 42.5 Å². The summed E-state index contributed by atoms with van der Waals surface area (Å²) in [6.07, 6.45) is 4.10. The molecular weight excluding hydrogens is 482 g/mol. The fourth-order valence-electron chi connectivity index (χ4n) is 6.44. The van der Waals surface area contributed by atoms with Gasteiger partial charge in [0.15, 0.2) is 0 Å². The van der Waals surface area contributed by atoms with Gasteiger partial charge >= 0.3 is 5.97 Å². The highest BCUT2D eigenvalue weighted by Gasteiger charge is 2.44. The van der Waals surface area contributed by atoms with Gasteiger partial charge in [0.1, 0.15) is 6.10 Å². The number of allylic oxidation sites excluding steroid dienone is 1. The van der Waals surface area contributed by atoms with E-state index in [9.17, 15) is 19.2 Å². The number of carbonyl (C=O) groups is 4. The minimum atomic E-state index is -0.607. The van der Waals surface area contributed by atoms with Crippen molar-refractivity contribution in [1.82, 2.24) is 14.0 Å². The second-order valence-corrected chi connectivity index (χ2v) is 9.96. The van der Waals surface area contributed by atoms with Gasteiger partial charge in [-0.2, -0.15) is 0 Å². The Morgan fingerprint density at radius 1 is 0.816 bits per heavy atom. The first-order valence-corrected chi connectivity index (χ1v) is 12.5. The quantitative estimate of drug-likeness (QED) is 0.191. The zero-order chi connectivity index (χ0) is 26.5. The first-order valence-electron chi connectivity index (χ1n) is 12.5. The molecule has 8 heteroatoms. The van der Waals surface area contributed by atoms with E-state index in [2.05, 4.69) is 9.13 Å². The third-order valence-corrected chi connectivity index (χ3v) is 7.81. The summed E-state index contributed by atoms with van der Waals surface area (Å²) in [6.45, 7) is 2.63. The number of hydrogen-bond donors (Lipinski definition) is 0. The molecule has 5 aromatic rings. The van der Waals surface area contributed by atoms with Crippen LogP contribution in [0.25, 0.3) is 43.6 Å². The zero-order valence-corrected chi connectivity index (χ0v) is 21.0. The van der Waals surface area contributed by atoms with Gasteiger partial charge < -0.3 is 13.9 Å². The number of aromatic nitrogens is 2. The van der Waals surface area contributed by atoms with Crippen LogP contribution in [-0.4, -0.2) is 43.8 Å². The second kappa shape index (κ2) is 7.64. The lowest BCUT2D eigenvalue weighted by molar-refractivity contribution is -0.144. The van der Waals surface area contributed by atoms with Crippen LogP contribution in [0.5, 0.6) is 0 Å². The van der Waals surface area contributed by atoms with Crippen LogP contribution in [-0.2, 0) is 21.4 Å². The molecule has 7 rings (SSSR count). The van der Waals surface area contributed by atoms with Crippen LogP contribution >= 0.6 is 0 Å². The molecule has 188 valence electrons. The van der Waals surface area contributed by atoms with Crippen molar-refractivity contribution in [2.24, 2.45) is 7.05 Å². The first-order chi connectivity index (χ1) is 18.3. The smallest absolute Gasteiger partial charge is 0.303 e. The Bertz CT molecular complexity index is 1960. The van der Waals surface area contributed by atoms with Gasteiger partial charge in [0.25, 0.3) is 11.8 Å². The van der Waals surface area contributed by atoms with E-state index in [0.717, 1.165) is 37.7 Å². The molecule has 3 aromatic carbocycles. The molecule has 8 nitrogen and oxygen atoms in total. The lowest BCUT2D eigenvalue weighted by atomic mass is 9.96. The Labute approximate surface area is 216 Å². The van der Waals surface area contributed by atoms with Gasteiger partial charge in [-0.15, -0.1) is 0 Å². The van der Waals surface area contributed by atoms with E-state index in [-0.39, 0.29) is 29.2 Å². The van der Waals surface area contributed by atoms with Gasteiger partial charge in [0, 0.05) is 59.9 Å². The molecule has 1 aliphatic heterocycles. The number of carbonyl (C=O) groups excluding carboxylic acids is 4. The van der Waals surface area contributed by atoms with E-state index in [1.54, 1.807) is 0 Å². The second-order valence-electron chi connectivity index (χ2n) is 9.96. The molecule has 3 heterocycles. The number of rotatable bonds is 2. The monoisotopic (exact) mass is 505 g/mol. The summed E-state index contributed by atoms with van der Waals surface area (Å²) in [5.41, 5.74) is 3.96. The maximum Gasteiger partial charge on any atom is 0.303 e. The summed E-state index contributed by atoms with van der Waals surface area (Å²) in [5.74, 6) is -2.14. The fourth-order valence-corrected chi connectivity index (χ4v) is 6.44. The van der Waals surface area contributed by atoms with Crippen molar-refractivity contribution in [2.45, 2.75) is 32.4 Å². The number of nitrogens with zero attached hydrogens (tertiary/aromatic N) is 3. The molecule has 38 heavy (non-hydrogen) atoms. The Morgan fingerprint density at radius 3 is 2.03 bits per heavy atom. The molecule has 0 bridgehead atoms. The Kier molecular flexibility index (Phi) is 4.52. The Balaban J connectivity index is 1.70. The van der Waals surface area contributed by atoms with Crippen molar-refractivity contribution >= 4 is 67.3 Å². The highest BCUT2D eigenvalue weighted by Crippen LogP contribution is 2.47. The fraction of sp³-hybridized carbons (Fsp3) is 0.200. The average Bonchev–Trinajstić information content (AvgIpc) is 3.60. The van der Waals surface area contributed by atoms with Crippen molar-refractivity contribution in [1.29, 1.82) is 0 Å². The van der Waals surface area contributed by atoms with Gasteiger partial charge in [-0.05, 0) is 18.2 Å². The van der Waals surface area contributed by atoms with Crippen LogP contribution in [0.1, 0.15) is 47.0 Å². The molecule has 1 aliphatic carbocycles. The van der Waals surface area contributed by atoms with Gasteiger partial charge in [0.05, 0.1) is 28.2 Å². The topological polar surface area (TPSA) is 90.6 Å². The summed E-state index contributed by atoms with van der Waals surface area (Å²) < 4.78 is 9.72. The third-order valence-electron chi connectivity index (χ3n) is 7.81. The number of benzene rings is 3. The Hall–Kier alpha value is -4.72. The summed E-state index contributed by atoms with van der Waals surface area (Å²) in [4.78, 5) is 52.4. The molecule has 1 unspecified atom stereocenters. The van der Waals surface area contributed by atoms with Crippen LogP contribution in [0.4, 0.5) is 0 Å². The maximum atomic E-state index is 13.8. The van der Waals surface area contributed by atoms with Crippen molar-refractivity contribution in [3.05, 3.63) is 71.8 Å². The molecule has 0 radical (unpaired) electrons. The number of para-hydroxylation sites is 2. The predicted octanol–water partition coefficient (Wildman–Crippen LogP) is 5.01. The molecule has 2 atom stereocenters. The molecule has 0 fully saturated rings. The van der Waals surface area contributed by atoms with Crippen molar-refractivity contribution in [3.8, 4) is 0 Å². The summed E-state index contributed by atoms with van der Waals surface area (Å²) >= 11 is 0. The SMILES string of the molecule is CC(=O)O[C@@H]1C=CC(n2c3ccccc3c3c4c(c5c6ccccc6n(C)c5c32)C(=O)N(C(C)=O)C4=O)C1. The summed E-state index contributed by atoms with van der Waals surface area (Å²) in [6, 6.07) is 15.4. The minimum absolute atomic E-state index is 0.155. The molecular formula is C30H23N3O5. The van der Waals surface area contributed by atoms with Gasteiger partial charge in [0.2, 0.25) is 5.91 Å². The van der Waals surface area contributed by atoms with Crippen LogP contribution in [0.2, 0.25) is 0 Å². The molecule has 2 aliphatic rings. The molecule has 0 N–H and O–H groups in total. The van der Waals surface area contributed by atoms with E-state index in [1.807, 2.05) is 67.7 Å². The highest BCUT2D eigenvalue weighted by molar-refractivity contribution is 6.42. The van der Waals surface area contributed by atoms with E-state index in [4.69, 9.17) is 4.74 Å². The number of aryl methyl sites for hydroxylation is 1. The van der Waals surface area contributed by atoms with E-state index in [0.29, 0.717) is 17.2 Å². The normalized spacial score (nSPS) is 19.0. The summed E-state index contributed by atoms with van der Waals surface area (Å²) in [7, 11) is 1.95. The van der Waals surface area contributed by atoms with Crippen molar-refractivity contribution < 1.29 is 23.9 Å². The highest BCUT2D eigenvalue weighted by atomic mass is 16.5. The van der Waals surface area contributed by atoms with Crippen molar-refractivity contribution in [2.75, 3.05) is 0 Å². The van der Waals surface area contributed by atoms with E-state index >= 15 is 0 Å². The van der Waals surface area contributed by atoms with Crippen LogP contribution in [0, 0.1) is 0 Å². The maximum absolute atomic E-state index is 13.8.